The van der Waals surface area contributed by atoms with Crippen LogP contribution in [0.3, 0.4) is 0 Å². The number of Topliss-reactive ketones (excluding diaryl/α,β-unsaturated/α-hetero) is 1. The second-order valence-electron chi connectivity index (χ2n) is 7.78. The first-order valence-corrected chi connectivity index (χ1v) is 11.5. The number of ether oxygens (including phenoxy) is 2. The molecular weight excluding hydrogens is 438 g/mol. The molecule has 0 aliphatic carbocycles. The molecule has 1 aliphatic heterocycles. The maximum atomic E-state index is 13.3. The number of methoxy groups -OCH3 is 1. The van der Waals surface area contributed by atoms with Crippen molar-refractivity contribution in [2.24, 2.45) is 0 Å². The van der Waals surface area contributed by atoms with E-state index in [0.29, 0.717) is 29.4 Å². The van der Waals surface area contributed by atoms with Gasteiger partial charge in [-0.25, -0.2) is 0 Å². The van der Waals surface area contributed by atoms with Crippen LogP contribution in [0.25, 0.3) is 5.76 Å². The van der Waals surface area contributed by atoms with Crippen molar-refractivity contribution >= 4 is 34.5 Å². The van der Waals surface area contributed by atoms with Crippen LogP contribution < -0.4 is 14.4 Å². The van der Waals surface area contributed by atoms with Gasteiger partial charge in [0.1, 0.15) is 23.3 Å². The van der Waals surface area contributed by atoms with Crippen molar-refractivity contribution in [3.05, 3.63) is 81.1 Å². The summed E-state index contributed by atoms with van der Waals surface area (Å²) in [7, 11) is 1.52. The van der Waals surface area contributed by atoms with Crippen LogP contribution >= 0.6 is 11.3 Å². The van der Waals surface area contributed by atoms with E-state index in [9.17, 15) is 14.7 Å². The molecule has 170 valence electrons. The molecule has 1 amide bonds. The first-order valence-electron chi connectivity index (χ1n) is 10.6. The van der Waals surface area contributed by atoms with Gasteiger partial charge in [-0.3, -0.25) is 14.5 Å². The Morgan fingerprint density at radius 2 is 1.91 bits per heavy atom. The van der Waals surface area contributed by atoms with Crippen molar-refractivity contribution in [2.75, 3.05) is 18.6 Å². The molecule has 1 aromatic heterocycles. The van der Waals surface area contributed by atoms with Gasteiger partial charge in [-0.1, -0.05) is 18.2 Å². The Labute approximate surface area is 196 Å². The number of rotatable bonds is 6. The maximum absolute atomic E-state index is 13.3. The van der Waals surface area contributed by atoms with Gasteiger partial charge in [-0.05, 0) is 61.5 Å². The molecule has 0 bridgehead atoms. The van der Waals surface area contributed by atoms with Gasteiger partial charge < -0.3 is 14.6 Å². The van der Waals surface area contributed by atoms with Gasteiger partial charge in [0.05, 0.1) is 24.9 Å². The van der Waals surface area contributed by atoms with Crippen molar-refractivity contribution < 1.29 is 24.2 Å². The van der Waals surface area contributed by atoms with E-state index in [0.717, 1.165) is 16.0 Å². The zero-order valence-electron chi connectivity index (χ0n) is 18.9. The summed E-state index contributed by atoms with van der Waals surface area (Å²) in [6.07, 6.45) is 0. The maximum Gasteiger partial charge on any atom is 0.300 e. The van der Waals surface area contributed by atoms with Crippen LogP contribution in [0.15, 0.2) is 59.5 Å². The highest BCUT2D eigenvalue weighted by Gasteiger charge is 2.47. The Balaban J connectivity index is 1.95. The van der Waals surface area contributed by atoms with E-state index in [4.69, 9.17) is 9.47 Å². The Bertz CT molecular complexity index is 1250. The van der Waals surface area contributed by atoms with Crippen LogP contribution in [0.5, 0.6) is 11.5 Å². The molecule has 0 saturated carbocycles. The lowest BCUT2D eigenvalue weighted by Crippen LogP contribution is -2.29. The largest absolute Gasteiger partial charge is 0.507 e. The summed E-state index contributed by atoms with van der Waals surface area (Å²) in [6.45, 7) is 6.12. The molecule has 1 saturated heterocycles. The van der Waals surface area contributed by atoms with Crippen LogP contribution in [0, 0.1) is 13.8 Å². The third kappa shape index (κ3) is 4.00. The summed E-state index contributed by atoms with van der Waals surface area (Å²) in [5.74, 6) is -0.634. The number of aryl methyl sites for hydroxylation is 2. The molecule has 33 heavy (non-hydrogen) atoms. The number of hydrogen-bond donors (Lipinski definition) is 1. The quantitative estimate of drug-likeness (QED) is 0.301. The normalized spacial score (nSPS) is 17.5. The Morgan fingerprint density at radius 3 is 2.58 bits per heavy atom. The van der Waals surface area contributed by atoms with Crippen LogP contribution in [0.1, 0.15) is 34.5 Å². The lowest BCUT2D eigenvalue weighted by molar-refractivity contribution is -0.132. The minimum absolute atomic E-state index is 0.0348. The SMILES string of the molecule is CCOc1cccc(N2C(=O)C(=O)/C(=C(\O)c3cc(C)cc(C)c3OC)C2c2cccs2)c1. The topological polar surface area (TPSA) is 76.1 Å². The molecule has 0 radical (unpaired) electrons. The molecule has 0 spiro atoms. The van der Waals surface area contributed by atoms with Crippen molar-refractivity contribution in [1.82, 2.24) is 0 Å². The van der Waals surface area contributed by atoms with Gasteiger partial charge in [-0.15, -0.1) is 11.3 Å². The fraction of sp³-hybridized carbons (Fsp3) is 0.231. The van der Waals surface area contributed by atoms with Crippen LogP contribution in [-0.2, 0) is 9.59 Å². The van der Waals surface area contributed by atoms with Crippen molar-refractivity contribution in [3.8, 4) is 11.5 Å². The number of benzene rings is 2. The molecule has 2 heterocycles. The van der Waals surface area contributed by atoms with Gasteiger partial charge in [0.25, 0.3) is 11.7 Å². The van der Waals surface area contributed by atoms with Crippen LogP contribution in [0.4, 0.5) is 5.69 Å². The fourth-order valence-corrected chi connectivity index (χ4v) is 5.07. The minimum atomic E-state index is -0.771. The minimum Gasteiger partial charge on any atom is -0.507 e. The van der Waals surface area contributed by atoms with E-state index in [1.807, 2.05) is 44.4 Å². The molecule has 1 aliphatic rings. The molecular formula is C26H25NO5S. The number of thiophene rings is 1. The van der Waals surface area contributed by atoms with Crippen molar-refractivity contribution in [3.63, 3.8) is 0 Å². The van der Waals surface area contributed by atoms with Gasteiger partial charge in [0, 0.05) is 16.6 Å². The highest BCUT2D eigenvalue weighted by atomic mass is 32.1. The molecule has 2 aromatic carbocycles. The summed E-state index contributed by atoms with van der Waals surface area (Å²) in [5.41, 5.74) is 2.67. The Hall–Kier alpha value is -3.58. The van der Waals surface area contributed by atoms with E-state index >= 15 is 0 Å². The predicted molar refractivity (Wildman–Crippen MR) is 129 cm³/mol. The average Bonchev–Trinajstić information content (AvgIpc) is 3.40. The van der Waals surface area contributed by atoms with Crippen molar-refractivity contribution in [2.45, 2.75) is 26.8 Å². The predicted octanol–water partition coefficient (Wildman–Crippen LogP) is 5.40. The van der Waals surface area contributed by atoms with Crippen molar-refractivity contribution in [1.29, 1.82) is 0 Å². The monoisotopic (exact) mass is 463 g/mol. The third-order valence-corrected chi connectivity index (χ3v) is 6.47. The second-order valence-corrected chi connectivity index (χ2v) is 8.76. The molecule has 3 aromatic rings. The number of ketones is 1. The number of aliphatic hydroxyl groups excluding tert-OH is 1. The van der Waals surface area contributed by atoms with E-state index < -0.39 is 17.7 Å². The molecule has 1 atom stereocenters. The standard InChI is InChI=1S/C26H25NO5S/c1-5-32-18-9-6-8-17(14-18)27-22(20-10-7-11-33-20)21(24(29)26(27)30)23(28)19-13-15(2)12-16(3)25(19)31-4/h6-14,22,28H,5H2,1-4H3/b23-21-. The number of anilines is 1. The summed E-state index contributed by atoms with van der Waals surface area (Å²) in [4.78, 5) is 28.8. The average molecular weight is 464 g/mol. The summed E-state index contributed by atoms with van der Waals surface area (Å²) in [5, 5.41) is 13.3. The molecule has 6 nitrogen and oxygen atoms in total. The van der Waals surface area contributed by atoms with Crippen LogP contribution in [-0.4, -0.2) is 30.5 Å². The van der Waals surface area contributed by atoms with Crippen LogP contribution in [0.2, 0.25) is 0 Å². The summed E-state index contributed by atoms with van der Waals surface area (Å²) in [6, 6.07) is 13.7. The zero-order valence-corrected chi connectivity index (χ0v) is 19.7. The molecule has 1 unspecified atom stereocenters. The number of nitrogens with zero attached hydrogens (tertiary/aromatic N) is 1. The van der Waals surface area contributed by atoms with E-state index in [2.05, 4.69) is 0 Å². The molecule has 4 rings (SSSR count). The van der Waals surface area contributed by atoms with E-state index in [1.54, 1.807) is 30.3 Å². The van der Waals surface area contributed by atoms with Gasteiger partial charge in [0.2, 0.25) is 0 Å². The molecule has 1 N–H and O–H groups in total. The van der Waals surface area contributed by atoms with E-state index in [1.165, 1.54) is 23.3 Å². The Morgan fingerprint density at radius 1 is 1.12 bits per heavy atom. The van der Waals surface area contributed by atoms with Gasteiger partial charge >= 0.3 is 0 Å². The summed E-state index contributed by atoms with van der Waals surface area (Å²) >= 11 is 1.42. The highest BCUT2D eigenvalue weighted by molar-refractivity contribution is 7.10. The molecule has 7 heteroatoms. The highest BCUT2D eigenvalue weighted by Crippen LogP contribution is 2.45. The number of hydrogen-bond acceptors (Lipinski definition) is 6. The fourth-order valence-electron chi connectivity index (χ4n) is 4.25. The lowest BCUT2D eigenvalue weighted by Gasteiger charge is -2.25. The summed E-state index contributed by atoms with van der Waals surface area (Å²) < 4.78 is 11.1. The zero-order chi connectivity index (χ0) is 23.7. The second kappa shape index (κ2) is 9.11. The smallest absolute Gasteiger partial charge is 0.300 e. The first kappa shape index (κ1) is 22.6. The number of amides is 1. The first-order chi connectivity index (χ1) is 15.9. The lowest BCUT2D eigenvalue weighted by atomic mass is 9.96. The number of carbonyl (C=O) groups excluding carboxylic acids is 2. The number of aliphatic hydroxyl groups is 1. The third-order valence-electron chi connectivity index (χ3n) is 5.54. The van der Waals surface area contributed by atoms with E-state index in [-0.39, 0.29) is 11.3 Å². The Kier molecular flexibility index (Phi) is 6.24. The molecule has 1 fully saturated rings. The van der Waals surface area contributed by atoms with Gasteiger partial charge in [0.15, 0.2) is 0 Å². The number of carbonyl (C=O) groups is 2. The van der Waals surface area contributed by atoms with Gasteiger partial charge in [-0.2, -0.15) is 0 Å².